The molecule has 1 saturated carbocycles. The van der Waals surface area contributed by atoms with Crippen molar-refractivity contribution >= 4 is 5.82 Å². The summed E-state index contributed by atoms with van der Waals surface area (Å²) in [6, 6.07) is 0. The van der Waals surface area contributed by atoms with Crippen molar-refractivity contribution in [3.05, 3.63) is 11.3 Å². The van der Waals surface area contributed by atoms with Crippen molar-refractivity contribution in [1.82, 2.24) is 15.1 Å². The van der Waals surface area contributed by atoms with E-state index in [0.29, 0.717) is 0 Å². The largest absolute Gasteiger partial charge is 0.356 e. The summed E-state index contributed by atoms with van der Waals surface area (Å²) in [5, 5.41) is 8.30. The van der Waals surface area contributed by atoms with Crippen molar-refractivity contribution in [2.75, 3.05) is 18.0 Å². The van der Waals surface area contributed by atoms with Gasteiger partial charge in [0, 0.05) is 37.8 Å². The van der Waals surface area contributed by atoms with Gasteiger partial charge in [-0.3, -0.25) is 4.68 Å². The van der Waals surface area contributed by atoms with Gasteiger partial charge in [-0.25, -0.2) is 0 Å². The lowest BCUT2D eigenvalue weighted by Crippen LogP contribution is -2.36. The Morgan fingerprint density at radius 3 is 2.52 bits per heavy atom. The minimum Gasteiger partial charge on any atom is -0.356 e. The highest BCUT2D eigenvalue weighted by Crippen LogP contribution is 2.33. The second kappa shape index (κ2) is 6.39. The SMILES string of the molecule is CCCN(CC1CC1)c1c(CNC(C)(C)C)c(C)nn1C. The van der Waals surface area contributed by atoms with E-state index in [2.05, 4.69) is 61.7 Å². The van der Waals surface area contributed by atoms with E-state index in [0.717, 1.165) is 24.7 Å². The molecule has 0 aromatic carbocycles. The fourth-order valence-corrected chi connectivity index (χ4v) is 2.81. The van der Waals surface area contributed by atoms with Gasteiger partial charge in [-0.05, 0) is 52.9 Å². The topological polar surface area (TPSA) is 33.1 Å². The highest BCUT2D eigenvalue weighted by molar-refractivity contribution is 5.50. The third-order valence-electron chi connectivity index (χ3n) is 4.08. The molecule has 0 atom stereocenters. The van der Waals surface area contributed by atoms with Gasteiger partial charge in [-0.1, -0.05) is 6.92 Å². The van der Waals surface area contributed by atoms with E-state index in [-0.39, 0.29) is 5.54 Å². The highest BCUT2D eigenvalue weighted by Gasteiger charge is 2.27. The van der Waals surface area contributed by atoms with Gasteiger partial charge in [0.1, 0.15) is 5.82 Å². The molecular formula is C17H32N4. The molecule has 1 aromatic heterocycles. The Balaban J connectivity index is 2.22. The van der Waals surface area contributed by atoms with Gasteiger partial charge in [0.25, 0.3) is 0 Å². The summed E-state index contributed by atoms with van der Waals surface area (Å²) in [6.45, 7) is 14.2. The van der Waals surface area contributed by atoms with Crippen LogP contribution in [-0.4, -0.2) is 28.4 Å². The van der Waals surface area contributed by atoms with Crippen molar-refractivity contribution in [2.24, 2.45) is 13.0 Å². The second-order valence-electron chi connectivity index (χ2n) is 7.50. The van der Waals surface area contributed by atoms with E-state index in [1.165, 1.54) is 37.2 Å². The molecule has 1 aliphatic carbocycles. The maximum absolute atomic E-state index is 4.68. The Bertz CT molecular complexity index is 466. The van der Waals surface area contributed by atoms with E-state index in [4.69, 9.17) is 0 Å². The first-order chi connectivity index (χ1) is 9.81. The molecule has 1 aliphatic rings. The number of rotatable bonds is 7. The minimum atomic E-state index is 0.131. The molecule has 1 fully saturated rings. The molecule has 21 heavy (non-hydrogen) atoms. The number of anilines is 1. The third-order valence-corrected chi connectivity index (χ3v) is 4.08. The molecule has 120 valence electrons. The fraction of sp³-hybridized carbons (Fsp3) is 0.824. The van der Waals surface area contributed by atoms with Crippen LogP contribution in [0.1, 0.15) is 58.2 Å². The molecule has 0 aliphatic heterocycles. The number of aromatic nitrogens is 2. The van der Waals surface area contributed by atoms with Crippen molar-refractivity contribution in [1.29, 1.82) is 0 Å². The normalized spacial score (nSPS) is 15.5. The molecule has 1 heterocycles. The third kappa shape index (κ3) is 4.47. The van der Waals surface area contributed by atoms with Crippen LogP contribution in [0.4, 0.5) is 5.82 Å². The Kier molecular flexibility index (Phi) is 4.97. The van der Waals surface area contributed by atoms with Gasteiger partial charge in [-0.15, -0.1) is 0 Å². The summed E-state index contributed by atoms with van der Waals surface area (Å²) in [6.07, 6.45) is 3.97. The van der Waals surface area contributed by atoms with Crippen LogP contribution in [-0.2, 0) is 13.6 Å². The second-order valence-corrected chi connectivity index (χ2v) is 7.50. The summed E-state index contributed by atoms with van der Waals surface area (Å²) in [4.78, 5) is 2.55. The van der Waals surface area contributed by atoms with Gasteiger partial charge in [-0.2, -0.15) is 5.10 Å². The van der Waals surface area contributed by atoms with E-state index >= 15 is 0 Å². The molecule has 0 unspecified atom stereocenters. The summed E-state index contributed by atoms with van der Waals surface area (Å²) in [5.41, 5.74) is 2.65. The lowest BCUT2D eigenvalue weighted by atomic mass is 10.1. The van der Waals surface area contributed by atoms with Crippen LogP contribution in [0.2, 0.25) is 0 Å². The van der Waals surface area contributed by atoms with Gasteiger partial charge >= 0.3 is 0 Å². The lowest BCUT2D eigenvalue weighted by molar-refractivity contribution is 0.423. The van der Waals surface area contributed by atoms with E-state index in [1.807, 2.05) is 0 Å². The van der Waals surface area contributed by atoms with Crippen molar-refractivity contribution in [3.8, 4) is 0 Å². The summed E-state index contributed by atoms with van der Waals surface area (Å²) < 4.78 is 2.08. The van der Waals surface area contributed by atoms with Crippen LogP contribution >= 0.6 is 0 Å². The standard InChI is InChI=1S/C17H32N4/c1-7-10-21(12-14-8-9-14)16-15(11-18-17(3,4)5)13(2)19-20(16)6/h14,18H,7-12H2,1-6H3. The zero-order chi connectivity index (χ0) is 15.6. The average Bonchev–Trinajstić information content (AvgIpc) is 3.11. The van der Waals surface area contributed by atoms with Crippen molar-refractivity contribution in [2.45, 2.75) is 66.0 Å². The minimum absolute atomic E-state index is 0.131. The molecule has 0 radical (unpaired) electrons. The molecule has 4 nitrogen and oxygen atoms in total. The van der Waals surface area contributed by atoms with Crippen LogP contribution in [0, 0.1) is 12.8 Å². The van der Waals surface area contributed by atoms with Crippen molar-refractivity contribution < 1.29 is 0 Å². The molecule has 0 bridgehead atoms. The molecule has 2 rings (SSSR count). The van der Waals surface area contributed by atoms with Crippen LogP contribution in [0.15, 0.2) is 0 Å². The number of nitrogens with zero attached hydrogens (tertiary/aromatic N) is 3. The maximum Gasteiger partial charge on any atom is 0.131 e. The molecule has 4 heteroatoms. The predicted octanol–water partition coefficient (Wildman–Crippen LogP) is 3.24. The Labute approximate surface area is 129 Å². The highest BCUT2D eigenvalue weighted by atomic mass is 15.4. The Hall–Kier alpha value is -1.03. The van der Waals surface area contributed by atoms with Crippen molar-refractivity contribution in [3.63, 3.8) is 0 Å². The molecule has 0 amide bonds. The first-order valence-electron chi connectivity index (χ1n) is 8.34. The Morgan fingerprint density at radius 2 is 2.00 bits per heavy atom. The van der Waals surface area contributed by atoms with Gasteiger partial charge < -0.3 is 10.2 Å². The van der Waals surface area contributed by atoms with E-state index in [9.17, 15) is 0 Å². The first-order valence-corrected chi connectivity index (χ1v) is 8.34. The maximum atomic E-state index is 4.68. The molecule has 1 N–H and O–H groups in total. The summed E-state index contributed by atoms with van der Waals surface area (Å²) >= 11 is 0. The van der Waals surface area contributed by atoms with E-state index in [1.54, 1.807) is 0 Å². The number of nitrogens with one attached hydrogen (secondary N) is 1. The molecule has 0 spiro atoms. The first kappa shape index (κ1) is 16.3. The van der Waals surface area contributed by atoms with E-state index < -0.39 is 0 Å². The zero-order valence-corrected chi connectivity index (χ0v) is 14.7. The Morgan fingerprint density at radius 1 is 1.33 bits per heavy atom. The fourth-order valence-electron chi connectivity index (χ4n) is 2.81. The zero-order valence-electron chi connectivity index (χ0n) is 14.7. The van der Waals surface area contributed by atoms with Gasteiger partial charge in [0.2, 0.25) is 0 Å². The van der Waals surface area contributed by atoms with Crippen LogP contribution < -0.4 is 10.2 Å². The monoisotopic (exact) mass is 292 g/mol. The summed E-state index contributed by atoms with van der Waals surface area (Å²) in [7, 11) is 2.08. The number of aryl methyl sites for hydroxylation is 2. The van der Waals surface area contributed by atoms with Crippen LogP contribution in [0.25, 0.3) is 0 Å². The molecular weight excluding hydrogens is 260 g/mol. The van der Waals surface area contributed by atoms with Crippen LogP contribution in [0.3, 0.4) is 0 Å². The smallest absolute Gasteiger partial charge is 0.131 e. The molecule has 1 aromatic rings. The number of hydrogen-bond acceptors (Lipinski definition) is 3. The summed E-state index contributed by atoms with van der Waals surface area (Å²) in [5.74, 6) is 2.22. The predicted molar refractivity (Wildman–Crippen MR) is 89.8 cm³/mol. The quantitative estimate of drug-likeness (QED) is 0.837. The molecule has 0 saturated heterocycles. The van der Waals surface area contributed by atoms with Gasteiger partial charge in [0.05, 0.1) is 5.69 Å². The average molecular weight is 292 g/mol. The lowest BCUT2D eigenvalue weighted by Gasteiger charge is -2.27. The van der Waals surface area contributed by atoms with Gasteiger partial charge in [0.15, 0.2) is 0 Å². The number of hydrogen-bond donors (Lipinski definition) is 1. The van der Waals surface area contributed by atoms with Crippen LogP contribution in [0.5, 0.6) is 0 Å².